The Balaban J connectivity index is 1.35. The molecule has 4 N–H and O–H groups in total. The molecule has 9 heteroatoms. The highest BCUT2D eigenvalue weighted by atomic mass is 16.5. The lowest BCUT2D eigenvalue weighted by Gasteiger charge is -2.34. The van der Waals surface area contributed by atoms with Gasteiger partial charge in [-0.1, -0.05) is 25.1 Å². The van der Waals surface area contributed by atoms with Crippen LogP contribution in [0.25, 0.3) is 16.9 Å². The number of nitrogen functional groups attached to an aromatic ring is 1. The molecule has 38 heavy (non-hydrogen) atoms. The maximum Gasteiger partial charge on any atom is 0.277 e. The van der Waals surface area contributed by atoms with Crippen LogP contribution in [0.3, 0.4) is 0 Å². The molecular formula is C29H34N6O3. The molecule has 1 amide bonds. The number of aryl methyl sites for hydroxylation is 2. The largest absolute Gasteiger partial charge is 0.493 e. The summed E-state index contributed by atoms with van der Waals surface area (Å²) in [5.41, 5.74) is 9.96. The fourth-order valence-electron chi connectivity index (χ4n) is 5.21. The van der Waals surface area contributed by atoms with Crippen molar-refractivity contribution >= 4 is 22.8 Å². The molecule has 0 saturated heterocycles. The van der Waals surface area contributed by atoms with Gasteiger partial charge in [0.15, 0.2) is 11.3 Å². The maximum absolute atomic E-state index is 13.0. The Kier molecular flexibility index (Phi) is 7.18. The van der Waals surface area contributed by atoms with Crippen molar-refractivity contribution in [2.75, 3.05) is 17.7 Å². The topological polar surface area (TPSA) is 127 Å². The molecule has 1 aliphatic rings. The van der Waals surface area contributed by atoms with Crippen LogP contribution >= 0.6 is 0 Å². The fraction of sp³-hybridized carbons (Fsp3) is 0.379. The van der Waals surface area contributed by atoms with Crippen molar-refractivity contribution in [1.29, 1.82) is 0 Å². The number of imidazole rings is 1. The second kappa shape index (κ2) is 10.7. The first-order valence-electron chi connectivity index (χ1n) is 13.3. The average Bonchev–Trinajstić information content (AvgIpc) is 3.19. The van der Waals surface area contributed by atoms with Gasteiger partial charge in [-0.15, -0.1) is 5.10 Å². The Hall–Kier alpha value is -4.14. The van der Waals surface area contributed by atoms with Crippen molar-refractivity contribution in [2.24, 2.45) is 11.8 Å². The Morgan fingerprint density at radius 2 is 2.00 bits per heavy atom. The van der Waals surface area contributed by atoms with E-state index in [1.807, 2.05) is 50.2 Å². The van der Waals surface area contributed by atoms with Gasteiger partial charge in [0.05, 0.1) is 29.2 Å². The van der Waals surface area contributed by atoms with Crippen LogP contribution in [0.2, 0.25) is 0 Å². The number of anilines is 2. The van der Waals surface area contributed by atoms with Crippen molar-refractivity contribution in [2.45, 2.75) is 52.9 Å². The van der Waals surface area contributed by atoms with Gasteiger partial charge in [0.1, 0.15) is 11.6 Å². The standard InChI is InChI=1S/C29H34N6O3/c1-4-8-25-31-17(3)26-29(37)33-27(34-35(25)26)21-16-18(11-12-24(21)38-5-2)13-19-14-20(15-19)28(36)32-23-10-7-6-9-22(23)30/h6-7,9-12,16,19-20H,4-5,8,13-15,30H2,1-3H3,(H,32,36)(H,33,34,37)/t19-,20+. The molecule has 1 saturated carbocycles. The lowest BCUT2D eigenvalue weighted by atomic mass is 9.71. The number of nitrogens with two attached hydrogens (primary N) is 1. The summed E-state index contributed by atoms with van der Waals surface area (Å²) in [6.45, 7) is 6.33. The smallest absolute Gasteiger partial charge is 0.277 e. The minimum Gasteiger partial charge on any atom is -0.493 e. The van der Waals surface area contributed by atoms with Crippen LogP contribution in [0.5, 0.6) is 5.75 Å². The summed E-state index contributed by atoms with van der Waals surface area (Å²) in [6, 6.07) is 13.3. The molecule has 0 radical (unpaired) electrons. The number of para-hydroxylation sites is 2. The van der Waals surface area contributed by atoms with Gasteiger partial charge in [-0.05, 0) is 75.3 Å². The zero-order valence-corrected chi connectivity index (χ0v) is 22.1. The van der Waals surface area contributed by atoms with Gasteiger partial charge in [-0.25, -0.2) is 9.50 Å². The van der Waals surface area contributed by atoms with Crippen molar-refractivity contribution < 1.29 is 9.53 Å². The number of fused-ring (bicyclic) bond motifs is 1. The van der Waals surface area contributed by atoms with E-state index in [0.717, 1.165) is 49.1 Å². The quantitative estimate of drug-likeness (QED) is 0.282. The first-order valence-corrected chi connectivity index (χ1v) is 13.3. The van der Waals surface area contributed by atoms with Crippen molar-refractivity contribution in [3.05, 3.63) is 69.9 Å². The molecule has 1 fully saturated rings. The summed E-state index contributed by atoms with van der Waals surface area (Å²) in [5, 5.41) is 7.73. The maximum atomic E-state index is 13.0. The lowest BCUT2D eigenvalue weighted by molar-refractivity contribution is -0.123. The lowest BCUT2D eigenvalue weighted by Crippen LogP contribution is -2.35. The molecular weight excluding hydrogens is 480 g/mol. The van der Waals surface area contributed by atoms with E-state index in [4.69, 9.17) is 15.6 Å². The summed E-state index contributed by atoms with van der Waals surface area (Å²) < 4.78 is 7.56. The van der Waals surface area contributed by atoms with Crippen molar-refractivity contribution in [3.63, 3.8) is 0 Å². The van der Waals surface area contributed by atoms with Crippen LogP contribution in [0, 0.1) is 18.8 Å². The van der Waals surface area contributed by atoms with E-state index in [2.05, 4.69) is 22.2 Å². The summed E-state index contributed by atoms with van der Waals surface area (Å²) in [4.78, 5) is 33.2. The number of hydrogen-bond acceptors (Lipinski definition) is 6. The third-order valence-corrected chi connectivity index (χ3v) is 7.16. The van der Waals surface area contributed by atoms with Crippen LogP contribution in [0.1, 0.15) is 50.2 Å². The number of aromatic amines is 1. The summed E-state index contributed by atoms with van der Waals surface area (Å²) >= 11 is 0. The number of aromatic nitrogens is 4. The second-order valence-electron chi connectivity index (χ2n) is 10.0. The van der Waals surface area contributed by atoms with Gasteiger partial charge in [0, 0.05) is 12.3 Å². The number of carbonyl (C=O) groups excluding carboxylic acids is 1. The Morgan fingerprint density at radius 3 is 2.74 bits per heavy atom. The van der Waals surface area contributed by atoms with E-state index in [1.165, 1.54) is 0 Å². The summed E-state index contributed by atoms with van der Waals surface area (Å²) in [6.07, 6.45) is 4.10. The molecule has 0 aliphatic heterocycles. The Labute approximate surface area is 221 Å². The highest BCUT2D eigenvalue weighted by Crippen LogP contribution is 2.38. The van der Waals surface area contributed by atoms with E-state index >= 15 is 0 Å². The van der Waals surface area contributed by atoms with E-state index in [-0.39, 0.29) is 17.4 Å². The van der Waals surface area contributed by atoms with E-state index in [1.54, 1.807) is 10.6 Å². The Morgan fingerprint density at radius 1 is 1.21 bits per heavy atom. The minimum absolute atomic E-state index is 0.0140. The number of carbonyl (C=O) groups is 1. The summed E-state index contributed by atoms with van der Waals surface area (Å²) in [5.74, 6) is 2.28. The van der Waals surface area contributed by atoms with Gasteiger partial charge in [0.25, 0.3) is 5.56 Å². The van der Waals surface area contributed by atoms with Gasteiger partial charge in [-0.2, -0.15) is 0 Å². The SMILES string of the molecule is CCCc1nc(C)c2c(=O)[nH]c(-c3cc(C[C@H]4C[C@@H](C(=O)Nc5ccccc5N)C4)ccc3OCC)nn12. The molecule has 0 spiro atoms. The molecule has 2 aromatic heterocycles. The monoisotopic (exact) mass is 514 g/mol. The third-order valence-electron chi connectivity index (χ3n) is 7.16. The van der Waals surface area contributed by atoms with Crippen LogP contribution in [0.4, 0.5) is 11.4 Å². The third kappa shape index (κ3) is 5.01. The van der Waals surface area contributed by atoms with Crippen molar-refractivity contribution in [1.82, 2.24) is 19.6 Å². The Bertz CT molecular complexity index is 1530. The zero-order chi connectivity index (χ0) is 26.8. The molecule has 1 aliphatic carbocycles. The highest BCUT2D eigenvalue weighted by molar-refractivity contribution is 5.95. The predicted molar refractivity (Wildman–Crippen MR) is 148 cm³/mol. The van der Waals surface area contributed by atoms with Crippen LogP contribution in [0.15, 0.2) is 47.3 Å². The number of ether oxygens (including phenoxy) is 1. The molecule has 198 valence electrons. The zero-order valence-electron chi connectivity index (χ0n) is 22.1. The number of amides is 1. The number of nitrogens with one attached hydrogen (secondary N) is 2. The molecule has 4 aromatic rings. The van der Waals surface area contributed by atoms with Gasteiger partial charge >= 0.3 is 0 Å². The predicted octanol–water partition coefficient (Wildman–Crippen LogP) is 4.53. The number of nitrogens with zero attached hydrogens (tertiary/aromatic N) is 3. The van der Waals surface area contributed by atoms with Crippen molar-refractivity contribution in [3.8, 4) is 17.1 Å². The molecule has 0 atom stereocenters. The molecule has 9 nitrogen and oxygen atoms in total. The molecule has 0 unspecified atom stereocenters. The number of hydrogen-bond donors (Lipinski definition) is 3. The summed E-state index contributed by atoms with van der Waals surface area (Å²) in [7, 11) is 0. The normalized spacial score (nSPS) is 16.8. The van der Waals surface area contributed by atoms with E-state index < -0.39 is 0 Å². The second-order valence-corrected chi connectivity index (χ2v) is 10.0. The molecule has 2 heterocycles. The minimum atomic E-state index is -0.220. The molecule has 5 rings (SSSR count). The van der Waals surface area contributed by atoms with Crippen LogP contribution in [-0.4, -0.2) is 32.1 Å². The number of benzene rings is 2. The number of rotatable bonds is 9. The fourth-order valence-corrected chi connectivity index (χ4v) is 5.21. The van der Waals surface area contributed by atoms with E-state index in [9.17, 15) is 9.59 Å². The van der Waals surface area contributed by atoms with Gasteiger partial charge in [0.2, 0.25) is 5.91 Å². The highest BCUT2D eigenvalue weighted by Gasteiger charge is 2.34. The molecule has 0 bridgehead atoms. The van der Waals surface area contributed by atoms with Crippen LogP contribution in [-0.2, 0) is 17.6 Å². The van der Waals surface area contributed by atoms with Gasteiger partial charge < -0.3 is 20.8 Å². The van der Waals surface area contributed by atoms with E-state index in [0.29, 0.717) is 46.7 Å². The first kappa shape index (κ1) is 25.5. The van der Waals surface area contributed by atoms with Gasteiger partial charge in [-0.3, -0.25) is 9.59 Å². The first-order chi connectivity index (χ1) is 18.4. The average molecular weight is 515 g/mol. The van der Waals surface area contributed by atoms with Crippen LogP contribution < -0.4 is 21.3 Å². The molecule has 2 aromatic carbocycles. The number of H-pyrrole nitrogens is 1.